The van der Waals surface area contributed by atoms with E-state index in [4.69, 9.17) is 14.3 Å². The molecule has 6 nitrogen and oxygen atoms in total. The zero-order chi connectivity index (χ0) is 14.4. The van der Waals surface area contributed by atoms with Crippen LogP contribution in [0.3, 0.4) is 0 Å². The van der Waals surface area contributed by atoms with E-state index in [1.165, 1.54) is 31.4 Å². The van der Waals surface area contributed by atoms with E-state index in [9.17, 15) is 8.42 Å². The van der Waals surface area contributed by atoms with Crippen molar-refractivity contribution in [2.75, 3.05) is 13.2 Å². The Morgan fingerprint density at radius 3 is 2.70 bits per heavy atom. The minimum Gasteiger partial charge on any atom is -0.446 e. The van der Waals surface area contributed by atoms with Crippen LogP contribution < -0.4 is 4.72 Å². The van der Waals surface area contributed by atoms with E-state index < -0.39 is 10.0 Å². The van der Waals surface area contributed by atoms with Gasteiger partial charge in [-0.1, -0.05) is 19.3 Å². The van der Waals surface area contributed by atoms with Crippen LogP contribution in [0.4, 0.5) is 0 Å². The topological polar surface area (TPSA) is 88.8 Å². The van der Waals surface area contributed by atoms with E-state index >= 15 is 0 Å². The maximum absolute atomic E-state index is 11.9. The third kappa shape index (κ3) is 4.31. The standard InChI is InChI=1S/C13H21NO5S/c15-10-12-6-7-13(19-12)20(16,17)14-8-9-18-11-4-2-1-3-5-11/h6-7,11,14-15H,1-5,8-10H2. The van der Waals surface area contributed by atoms with Crippen molar-refractivity contribution < 1.29 is 22.7 Å². The molecule has 1 heterocycles. The van der Waals surface area contributed by atoms with Crippen molar-refractivity contribution in [1.29, 1.82) is 0 Å². The molecule has 1 aromatic rings. The van der Waals surface area contributed by atoms with Crippen LogP contribution in [0.5, 0.6) is 0 Å². The Labute approximate surface area is 119 Å². The highest BCUT2D eigenvalue weighted by Gasteiger charge is 2.19. The lowest BCUT2D eigenvalue weighted by molar-refractivity contribution is 0.0320. The first-order chi connectivity index (χ1) is 9.62. The van der Waals surface area contributed by atoms with Crippen LogP contribution in [0, 0.1) is 0 Å². The largest absolute Gasteiger partial charge is 0.446 e. The summed E-state index contributed by atoms with van der Waals surface area (Å²) >= 11 is 0. The molecule has 0 spiro atoms. The van der Waals surface area contributed by atoms with Crippen LogP contribution in [0.15, 0.2) is 21.6 Å². The maximum atomic E-state index is 11.9. The van der Waals surface area contributed by atoms with Crippen molar-refractivity contribution >= 4 is 10.0 Å². The second-order valence-corrected chi connectivity index (χ2v) is 6.61. The van der Waals surface area contributed by atoms with Gasteiger partial charge in [-0.25, -0.2) is 13.1 Å². The van der Waals surface area contributed by atoms with Gasteiger partial charge in [-0.3, -0.25) is 0 Å². The summed E-state index contributed by atoms with van der Waals surface area (Å²) in [6.07, 6.45) is 6.02. The monoisotopic (exact) mass is 303 g/mol. The molecule has 0 radical (unpaired) electrons. The van der Waals surface area contributed by atoms with E-state index in [0.717, 1.165) is 12.8 Å². The molecule has 20 heavy (non-hydrogen) atoms. The quantitative estimate of drug-likeness (QED) is 0.743. The summed E-state index contributed by atoms with van der Waals surface area (Å²) in [4.78, 5) is 0. The van der Waals surface area contributed by atoms with Crippen LogP contribution in [0.2, 0.25) is 0 Å². The van der Waals surface area contributed by atoms with Gasteiger partial charge in [-0.15, -0.1) is 0 Å². The van der Waals surface area contributed by atoms with Crippen molar-refractivity contribution in [3.63, 3.8) is 0 Å². The second kappa shape index (κ2) is 7.21. The predicted molar refractivity (Wildman–Crippen MR) is 72.6 cm³/mol. The number of hydrogen-bond acceptors (Lipinski definition) is 5. The first-order valence-corrected chi connectivity index (χ1v) is 8.41. The van der Waals surface area contributed by atoms with Gasteiger partial charge in [0.05, 0.1) is 12.7 Å². The molecule has 0 aliphatic heterocycles. The van der Waals surface area contributed by atoms with Gasteiger partial charge in [0.1, 0.15) is 12.4 Å². The van der Waals surface area contributed by atoms with Gasteiger partial charge in [-0.05, 0) is 25.0 Å². The van der Waals surface area contributed by atoms with Gasteiger partial charge in [0.15, 0.2) is 0 Å². The number of rotatable bonds is 7. The summed E-state index contributed by atoms with van der Waals surface area (Å²) in [6.45, 7) is 0.256. The Morgan fingerprint density at radius 1 is 1.30 bits per heavy atom. The van der Waals surface area contributed by atoms with Gasteiger partial charge in [0.2, 0.25) is 5.09 Å². The molecule has 2 rings (SSSR count). The predicted octanol–water partition coefficient (Wildman–Crippen LogP) is 1.40. The number of aliphatic hydroxyl groups is 1. The Balaban J connectivity index is 1.74. The second-order valence-electron chi connectivity index (χ2n) is 4.91. The summed E-state index contributed by atoms with van der Waals surface area (Å²) in [5.74, 6) is 0.226. The zero-order valence-corrected chi connectivity index (χ0v) is 12.2. The van der Waals surface area contributed by atoms with E-state index in [1.807, 2.05) is 0 Å². The molecule has 1 saturated carbocycles. The highest BCUT2D eigenvalue weighted by molar-refractivity contribution is 7.89. The molecule has 0 atom stereocenters. The molecule has 1 aromatic heterocycles. The normalized spacial score (nSPS) is 17.4. The van der Waals surface area contributed by atoms with E-state index in [-0.39, 0.29) is 30.1 Å². The van der Waals surface area contributed by atoms with Gasteiger partial charge in [0.25, 0.3) is 10.0 Å². The summed E-state index contributed by atoms with van der Waals surface area (Å²) in [7, 11) is -3.66. The molecule has 7 heteroatoms. The van der Waals surface area contributed by atoms with Crippen molar-refractivity contribution in [2.24, 2.45) is 0 Å². The van der Waals surface area contributed by atoms with Crippen LogP contribution in [-0.4, -0.2) is 32.8 Å². The average molecular weight is 303 g/mol. The van der Waals surface area contributed by atoms with Gasteiger partial charge >= 0.3 is 0 Å². The number of furan rings is 1. The van der Waals surface area contributed by atoms with Gasteiger partial charge in [-0.2, -0.15) is 0 Å². The number of hydrogen-bond donors (Lipinski definition) is 2. The lowest BCUT2D eigenvalue weighted by Gasteiger charge is -2.21. The lowest BCUT2D eigenvalue weighted by atomic mass is 9.98. The molecule has 0 aromatic carbocycles. The van der Waals surface area contributed by atoms with E-state index in [2.05, 4.69) is 4.72 Å². The fourth-order valence-corrected chi connectivity index (χ4v) is 3.25. The smallest absolute Gasteiger partial charge is 0.274 e. The number of nitrogens with one attached hydrogen (secondary N) is 1. The molecule has 0 unspecified atom stereocenters. The molecule has 1 aliphatic carbocycles. The molecular formula is C13H21NO5S. The molecule has 114 valence electrons. The number of ether oxygens (including phenoxy) is 1. The molecule has 1 fully saturated rings. The minimum absolute atomic E-state index is 0.181. The summed E-state index contributed by atoms with van der Waals surface area (Å²) < 4.78 is 36.8. The van der Waals surface area contributed by atoms with E-state index in [0.29, 0.717) is 6.61 Å². The van der Waals surface area contributed by atoms with Crippen LogP contribution >= 0.6 is 0 Å². The van der Waals surface area contributed by atoms with Crippen LogP contribution in [0.1, 0.15) is 37.9 Å². The van der Waals surface area contributed by atoms with Crippen LogP contribution in [0.25, 0.3) is 0 Å². The Bertz CT molecular complexity index is 505. The molecule has 0 bridgehead atoms. The third-order valence-corrected chi connectivity index (χ3v) is 4.69. The summed E-state index contributed by atoms with van der Waals surface area (Å²) in [6, 6.07) is 2.77. The fourth-order valence-electron chi connectivity index (χ4n) is 2.29. The Morgan fingerprint density at radius 2 is 2.05 bits per heavy atom. The molecule has 0 amide bonds. The first kappa shape index (κ1) is 15.5. The minimum atomic E-state index is -3.66. The molecular weight excluding hydrogens is 282 g/mol. The number of sulfonamides is 1. The lowest BCUT2D eigenvalue weighted by Crippen LogP contribution is -2.29. The van der Waals surface area contributed by atoms with Crippen molar-refractivity contribution in [2.45, 2.75) is 49.9 Å². The van der Waals surface area contributed by atoms with Gasteiger partial charge in [0, 0.05) is 6.54 Å². The zero-order valence-electron chi connectivity index (χ0n) is 11.4. The SMILES string of the molecule is O=S(=O)(NCCOC1CCCCC1)c1ccc(CO)o1. The first-order valence-electron chi connectivity index (χ1n) is 6.92. The highest BCUT2D eigenvalue weighted by Crippen LogP contribution is 2.20. The molecule has 2 N–H and O–H groups in total. The van der Waals surface area contributed by atoms with E-state index in [1.54, 1.807) is 0 Å². The van der Waals surface area contributed by atoms with Crippen LogP contribution in [-0.2, 0) is 21.4 Å². The average Bonchev–Trinajstić information content (AvgIpc) is 2.95. The molecule has 0 saturated heterocycles. The highest BCUT2D eigenvalue weighted by atomic mass is 32.2. The molecule has 1 aliphatic rings. The Kier molecular flexibility index (Phi) is 5.59. The van der Waals surface area contributed by atoms with Crippen molar-refractivity contribution in [1.82, 2.24) is 4.72 Å². The maximum Gasteiger partial charge on any atom is 0.274 e. The van der Waals surface area contributed by atoms with Gasteiger partial charge < -0.3 is 14.3 Å². The summed E-state index contributed by atoms with van der Waals surface area (Å²) in [5, 5.41) is 8.66. The van der Waals surface area contributed by atoms with Crippen molar-refractivity contribution in [3.8, 4) is 0 Å². The third-order valence-electron chi connectivity index (χ3n) is 3.36. The number of aliphatic hydroxyl groups excluding tert-OH is 1. The Hall–Kier alpha value is -0.890. The summed E-state index contributed by atoms with van der Waals surface area (Å²) in [5.41, 5.74) is 0. The van der Waals surface area contributed by atoms with Crippen molar-refractivity contribution in [3.05, 3.63) is 17.9 Å². The fraction of sp³-hybridized carbons (Fsp3) is 0.692.